The maximum absolute atomic E-state index is 6.91. The van der Waals surface area contributed by atoms with E-state index in [9.17, 15) is 0 Å². The van der Waals surface area contributed by atoms with Crippen molar-refractivity contribution in [3.63, 3.8) is 0 Å². The quantitative estimate of drug-likeness (QED) is 0.123. The zero-order chi connectivity index (χ0) is 44.2. The largest absolute Gasteiger partial charge is 0.494 e. The minimum atomic E-state index is -0.189. The van der Waals surface area contributed by atoms with Crippen LogP contribution in [0.5, 0.6) is 23.0 Å². The van der Waals surface area contributed by atoms with Gasteiger partial charge in [0, 0.05) is 19.6 Å². The zero-order valence-corrected chi connectivity index (χ0v) is 42.8. The van der Waals surface area contributed by atoms with E-state index >= 15 is 0 Å². The minimum absolute atomic E-state index is 0.103. The summed E-state index contributed by atoms with van der Waals surface area (Å²) in [4.78, 5) is 9.20. The van der Waals surface area contributed by atoms with Crippen molar-refractivity contribution in [2.24, 2.45) is 0 Å². The highest BCUT2D eigenvalue weighted by molar-refractivity contribution is 8.01. The van der Waals surface area contributed by atoms with Crippen LogP contribution in [-0.2, 0) is 21.7 Å². The van der Waals surface area contributed by atoms with E-state index in [1.807, 2.05) is 35.3 Å². The lowest BCUT2D eigenvalue weighted by Gasteiger charge is -2.31. The molecule has 4 aromatic rings. The Labute approximate surface area is 381 Å². The van der Waals surface area contributed by atoms with Crippen molar-refractivity contribution in [3.05, 3.63) is 70.8 Å². The molecular formula is C52H72O4S4. The van der Waals surface area contributed by atoms with Gasteiger partial charge in [-0.1, -0.05) is 158 Å². The van der Waals surface area contributed by atoms with E-state index in [2.05, 4.69) is 159 Å². The molecule has 1 aliphatic heterocycles. The molecule has 0 amide bonds. The topological polar surface area (TPSA) is 36.9 Å². The standard InChI is InChI=1S/C52H72O4S4/c1-17-21-53-35-29-37-45(51(11,12)13)39(31-35)58-41-25-33(49(5,6)7)27-43(47(41)55-23-19-3)60-44-28-34(50(8,9)10)26-42(48(44)56-24-20-4)59-40-32-36(54-22-18-2)30-38(57-37)46(40)52(14,15)16/h25-32H,17-24H2,1-16H3. The van der Waals surface area contributed by atoms with Gasteiger partial charge in [0.25, 0.3) is 0 Å². The number of ether oxygens (including phenoxy) is 4. The lowest BCUT2D eigenvalue weighted by atomic mass is 9.86. The molecular weight excluding hydrogens is 817 g/mol. The summed E-state index contributed by atoms with van der Waals surface area (Å²) in [7, 11) is 0. The summed E-state index contributed by atoms with van der Waals surface area (Å²) >= 11 is 7.27. The molecule has 0 atom stereocenters. The summed E-state index contributed by atoms with van der Waals surface area (Å²) in [5.41, 5.74) is 4.55. The number of hydrogen-bond donors (Lipinski definition) is 0. The second kappa shape index (κ2) is 19.9. The van der Waals surface area contributed by atoms with Gasteiger partial charge < -0.3 is 18.9 Å². The van der Waals surface area contributed by atoms with Crippen LogP contribution in [0.15, 0.2) is 87.7 Å². The molecule has 0 aliphatic carbocycles. The third-order valence-corrected chi connectivity index (χ3v) is 14.3. The summed E-state index contributed by atoms with van der Waals surface area (Å²) in [5.74, 6) is 3.63. The van der Waals surface area contributed by atoms with E-state index < -0.39 is 0 Å². The van der Waals surface area contributed by atoms with Crippen molar-refractivity contribution in [1.82, 2.24) is 0 Å². The van der Waals surface area contributed by atoms with Gasteiger partial charge >= 0.3 is 0 Å². The lowest BCUT2D eigenvalue weighted by Crippen LogP contribution is -2.17. The van der Waals surface area contributed by atoms with Crippen molar-refractivity contribution in [3.8, 4) is 23.0 Å². The fraction of sp³-hybridized carbons (Fsp3) is 0.538. The number of benzene rings is 4. The second-order valence-electron chi connectivity index (χ2n) is 20.0. The molecule has 0 aromatic heterocycles. The molecule has 0 radical (unpaired) electrons. The van der Waals surface area contributed by atoms with Crippen molar-refractivity contribution < 1.29 is 18.9 Å². The van der Waals surface area contributed by atoms with Gasteiger partial charge in [0.1, 0.15) is 23.0 Å². The Morgan fingerprint density at radius 3 is 0.833 bits per heavy atom. The van der Waals surface area contributed by atoms with Gasteiger partial charge in [-0.15, -0.1) is 0 Å². The smallest absolute Gasteiger partial charge is 0.147 e. The van der Waals surface area contributed by atoms with Gasteiger partial charge in [-0.2, -0.15) is 0 Å². The van der Waals surface area contributed by atoms with Gasteiger partial charge in [0.15, 0.2) is 0 Å². The third kappa shape index (κ3) is 11.9. The highest BCUT2D eigenvalue weighted by Gasteiger charge is 2.32. The van der Waals surface area contributed by atoms with Crippen LogP contribution in [0.4, 0.5) is 0 Å². The van der Waals surface area contributed by atoms with E-state index in [0.29, 0.717) is 26.4 Å². The van der Waals surface area contributed by atoms with Crippen LogP contribution < -0.4 is 18.9 Å². The molecule has 0 N–H and O–H groups in total. The lowest BCUT2D eigenvalue weighted by molar-refractivity contribution is 0.300. The van der Waals surface area contributed by atoms with Crippen LogP contribution in [0.2, 0.25) is 0 Å². The number of rotatable bonds is 12. The summed E-state index contributed by atoms with van der Waals surface area (Å²) in [6.07, 6.45) is 3.68. The normalized spacial score (nSPS) is 13.6. The number of hydrogen-bond acceptors (Lipinski definition) is 8. The average Bonchev–Trinajstić information content (AvgIpc) is 3.13. The summed E-state index contributed by atoms with van der Waals surface area (Å²) in [6.45, 7) is 39.1. The molecule has 0 spiro atoms. The average molecular weight is 889 g/mol. The van der Waals surface area contributed by atoms with E-state index in [1.165, 1.54) is 41.8 Å². The molecule has 4 aromatic carbocycles. The van der Waals surface area contributed by atoms with Crippen molar-refractivity contribution >= 4 is 47.0 Å². The van der Waals surface area contributed by atoms with Crippen molar-refractivity contribution in [2.45, 2.75) is 197 Å². The molecule has 328 valence electrons. The first-order chi connectivity index (χ1) is 28.1. The van der Waals surface area contributed by atoms with Crippen LogP contribution in [-0.4, -0.2) is 26.4 Å². The van der Waals surface area contributed by atoms with Crippen LogP contribution in [0.1, 0.15) is 159 Å². The Bertz CT molecular complexity index is 1960. The Morgan fingerprint density at radius 2 is 0.583 bits per heavy atom. The highest BCUT2D eigenvalue weighted by Crippen LogP contribution is 2.56. The number of fused-ring (bicyclic) bond motifs is 8. The van der Waals surface area contributed by atoms with E-state index in [-0.39, 0.29) is 21.7 Å². The fourth-order valence-electron chi connectivity index (χ4n) is 7.03. The molecule has 0 fully saturated rings. The first-order valence-electron chi connectivity index (χ1n) is 22.1. The van der Waals surface area contributed by atoms with Gasteiger partial charge in [-0.05, 0) is 118 Å². The Morgan fingerprint density at radius 1 is 0.333 bits per heavy atom. The monoisotopic (exact) mass is 888 g/mol. The second-order valence-corrected chi connectivity index (χ2v) is 24.3. The van der Waals surface area contributed by atoms with Crippen LogP contribution >= 0.6 is 47.0 Å². The maximum atomic E-state index is 6.91. The van der Waals surface area contributed by atoms with E-state index in [1.54, 1.807) is 11.8 Å². The van der Waals surface area contributed by atoms with Gasteiger partial charge in [0.2, 0.25) is 0 Å². The Kier molecular flexibility index (Phi) is 16.1. The molecule has 1 aliphatic rings. The molecule has 0 saturated carbocycles. The first-order valence-corrected chi connectivity index (χ1v) is 25.3. The molecule has 5 rings (SSSR count). The molecule has 60 heavy (non-hydrogen) atoms. The SMILES string of the molecule is CCCOc1cc2c(C(C)(C)C)c(c1)Sc1cc(OCCC)cc(c1C(C)(C)C)Sc1cc(C(C)(C)C)cc(c1OCCC)Sc1cc(C(C)(C)C)cc(c1OCCC)S2. The minimum Gasteiger partial charge on any atom is -0.494 e. The molecule has 0 saturated heterocycles. The fourth-order valence-corrected chi connectivity index (χ4v) is 12.8. The van der Waals surface area contributed by atoms with Crippen molar-refractivity contribution in [1.29, 1.82) is 0 Å². The van der Waals surface area contributed by atoms with Gasteiger partial charge in [-0.3, -0.25) is 0 Å². The predicted molar refractivity (Wildman–Crippen MR) is 260 cm³/mol. The van der Waals surface area contributed by atoms with Gasteiger partial charge in [-0.25, -0.2) is 0 Å². The van der Waals surface area contributed by atoms with Crippen LogP contribution in [0.25, 0.3) is 0 Å². The van der Waals surface area contributed by atoms with E-state index in [4.69, 9.17) is 18.9 Å². The van der Waals surface area contributed by atoms with E-state index in [0.717, 1.165) is 68.3 Å². The first kappa shape index (κ1) is 48.5. The van der Waals surface area contributed by atoms with Crippen molar-refractivity contribution in [2.75, 3.05) is 26.4 Å². The van der Waals surface area contributed by atoms with Crippen LogP contribution in [0, 0.1) is 0 Å². The molecule has 1 heterocycles. The molecule has 4 nitrogen and oxygen atoms in total. The molecule has 8 heteroatoms. The Hall–Kier alpha value is -2.52. The predicted octanol–water partition coefficient (Wildman–Crippen LogP) is 16.9. The summed E-state index contributed by atoms with van der Waals surface area (Å²) in [6, 6.07) is 18.6. The maximum Gasteiger partial charge on any atom is 0.147 e. The summed E-state index contributed by atoms with van der Waals surface area (Å²) < 4.78 is 26.9. The zero-order valence-electron chi connectivity index (χ0n) is 39.5. The Balaban J connectivity index is 2.02. The van der Waals surface area contributed by atoms with Crippen LogP contribution in [0.3, 0.4) is 0 Å². The summed E-state index contributed by atoms with van der Waals surface area (Å²) in [5, 5.41) is 0. The van der Waals surface area contributed by atoms with Gasteiger partial charge in [0.05, 0.1) is 46.0 Å². The highest BCUT2D eigenvalue weighted by atomic mass is 32.2. The third-order valence-electron chi connectivity index (χ3n) is 10.1. The molecule has 8 bridgehead atoms. The molecule has 0 unspecified atom stereocenters.